The fourth-order valence-electron chi connectivity index (χ4n) is 2.36. The van der Waals surface area contributed by atoms with E-state index in [0.29, 0.717) is 5.82 Å². The summed E-state index contributed by atoms with van der Waals surface area (Å²) in [5.41, 5.74) is 6.88. The van der Waals surface area contributed by atoms with Crippen LogP contribution in [0.25, 0.3) is 0 Å². The maximum atomic E-state index is 9.78. The molecule has 3 N–H and O–H groups in total. The lowest BCUT2D eigenvalue weighted by molar-refractivity contribution is 0.0968. The van der Waals surface area contributed by atoms with Crippen molar-refractivity contribution in [3.05, 3.63) is 11.4 Å². The van der Waals surface area contributed by atoms with Crippen LogP contribution < -0.4 is 10.6 Å². The van der Waals surface area contributed by atoms with Crippen molar-refractivity contribution in [2.24, 2.45) is 5.92 Å². The summed E-state index contributed by atoms with van der Waals surface area (Å²) < 4.78 is 0. The molecule has 5 nitrogen and oxygen atoms in total. The number of aryl methyl sites for hydroxylation is 1. The summed E-state index contributed by atoms with van der Waals surface area (Å²) in [5, 5.41) is 9.78. The van der Waals surface area contributed by atoms with Gasteiger partial charge >= 0.3 is 0 Å². The molecule has 1 aliphatic heterocycles. The number of piperidine rings is 1. The second kappa shape index (κ2) is 5.10. The molecule has 1 saturated heterocycles. The van der Waals surface area contributed by atoms with E-state index in [0.717, 1.165) is 43.1 Å². The first-order chi connectivity index (χ1) is 8.52. The Bertz CT molecular complexity index is 435. The van der Waals surface area contributed by atoms with Crippen LogP contribution in [-0.4, -0.2) is 34.3 Å². The fraction of sp³-hybridized carbons (Fsp3) is 0.692. The number of nitrogens with zero attached hydrogens (tertiary/aromatic N) is 3. The molecule has 5 heteroatoms. The standard InChI is InChI=1S/C13H22N4O/c1-4-11-15-12(14)9(3)13(16-11)17-6-5-10(18)8(2)7-17/h8,10,18H,4-7H2,1-3H3,(H2,14,15,16). The van der Waals surface area contributed by atoms with E-state index in [2.05, 4.69) is 21.8 Å². The maximum Gasteiger partial charge on any atom is 0.137 e. The molecule has 0 spiro atoms. The molecule has 0 saturated carbocycles. The highest BCUT2D eigenvalue weighted by Crippen LogP contribution is 2.26. The molecule has 0 aliphatic carbocycles. The summed E-state index contributed by atoms with van der Waals surface area (Å²) in [7, 11) is 0. The number of rotatable bonds is 2. The molecule has 2 atom stereocenters. The van der Waals surface area contributed by atoms with E-state index in [9.17, 15) is 5.11 Å². The number of hydrogen-bond donors (Lipinski definition) is 2. The minimum absolute atomic E-state index is 0.202. The normalized spacial score (nSPS) is 24.3. The number of nitrogens with two attached hydrogens (primary N) is 1. The summed E-state index contributed by atoms with van der Waals surface area (Å²) >= 11 is 0. The molecule has 1 aliphatic rings. The van der Waals surface area contributed by atoms with Crippen LogP contribution in [-0.2, 0) is 6.42 Å². The zero-order valence-corrected chi connectivity index (χ0v) is 11.3. The number of aromatic nitrogens is 2. The zero-order valence-electron chi connectivity index (χ0n) is 11.3. The van der Waals surface area contributed by atoms with Gasteiger partial charge in [-0.1, -0.05) is 13.8 Å². The minimum Gasteiger partial charge on any atom is -0.393 e. The van der Waals surface area contributed by atoms with Crippen LogP contribution in [0.4, 0.5) is 11.6 Å². The monoisotopic (exact) mass is 250 g/mol. The molecule has 0 bridgehead atoms. The second-order valence-corrected chi connectivity index (χ2v) is 5.11. The van der Waals surface area contributed by atoms with E-state index in [4.69, 9.17) is 5.73 Å². The van der Waals surface area contributed by atoms with Gasteiger partial charge in [0.15, 0.2) is 0 Å². The third kappa shape index (κ3) is 2.41. The number of hydrogen-bond acceptors (Lipinski definition) is 5. The smallest absolute Gasteiger partial charge is 0.137 e. The van der Waals surface area contributed by atoms with Crippen LogP contribution in [0.5, 0.6) is 0 Å². The van der Waals surface area contributed by atoms with Gasteiger partial charge < -0.3 is 15.7 Å². The highest BCUT2D eigenvalue weighted by Gasteiger charge is 2.26. The largest absolute Gasteiger partial charge is 0.393 e. The Labute approximate surface area is 108 Å². The topological polar surface area (TPSA) is 75.3 Å². The predicted octanol–water partition coefficient (Wildman–Crippen LogP) is 1.14. The molecule has 0 aromatic carbocycles. The van der Waals surface area contributed by atoms with Gasteiger partial charge in [-0.3, -0.25) is 0 Å². The van der Waals surface area contributed by atoms with E-state index in [1.165, 1.54) is 0 Å². The fourth-order valence-corrected chi connectivity index (χ4v) is 2.36. The van der Waals surface area contributed by atoms with Crippen LogP contribution in [0, 0.1) is 12.8 Å². The van der Waals surface area contributed by atoms with Crippen LogP contribution in [0.3, 0.4) is 0 Å². The Morgan fingerprint density at radius 1 is 1.44 bits per heavy atom. The van der Waals surface area contributed by atoms with Crippen LogP contribution in [0.15, 0.2) is 0 Å². The predicted molar refractivity (Wildman–Crippen MR) is 72.6 cm³/mol. The average Bonchev–Trinajstić information content (AvgIpc) is 2.36. The molecule has 1 aromatic rings. The van der Waals surface area contributed by atoms with Crippen molar-refractivity contribution in [2.45, 2.75) is 39.7 Å². The number of aliphatic hydroxyl groups is 1. The zero-order chi connectivity index (χ0) is 13.3. The third-order valence-corrected chi connectivity index (χ3v) is 3.68. The summed E-state index contributed by atoms with van der Waals surface area (Å²) in [4.78, 5) is 11.1. The Kier molecular flexibility index (Phi) is 3.71. The van der Waals surface area contributed by atoms with Gasteiger partial charge in [-0.2, -0.15) is 0 Å². The number of aliphatic hydroxyl groups excluding tert-OH is 1. The number of anilines is 2. The van der Waals surface area contributed by atoms with E-state index in [-0.39, 0.29) is 12.0 Å². The van der Waals surface area contributed by atoms with Crippen molar-refractivity contribution in [1.29, 1.82) is 0 Å². The highest BCUT2D eigenvalue weighted by atomic mass is 16.3. The molecule has 1 aromatic heterocycles. The van der Waals surface area contributed by atoms with E-state index in [1.807, 2.05) is 13.8 Å². The summed E-state index contributed by atoms with van der Waals surface area (Å²) in [5.74, 6) is 2.54. The van der Waals surface area contributed by atoms with E-state index in [1.54, 1.807) is 0 Å². The first-order valence-electron chi connectivity index (χ1n) is 6.59. The van der Waals surface area contributed by atoms with Gasteiger partial charge in [-0.15, -0.1) is 0 Å². The molecular formula is C13H22N4O. The minimum atomic E-state index is -0.202. The maximum absolute atomic E-state index is 9.78. The Balaban J connectivity index is 2.30. The lowest BCUT2D eigenvalue weighted by Crippen LogP contribution is -2.42. The van der Waals surface area contributed by atoms with Crippen molar-refractivity contribution in [3.63, 3.8) is 0 Å². The van der Waals surface area contributed by atoms with Gasteiger partial charge in [0.1, 0.15) is 17.5 Å². The van der Waals surface area contributed by atoms with Gasteiger partial charge in [0.25, 0.3) is 0 Å². The molecule has 18 heavy (non-hydrogen) atoms. The summed E-state index contributed by atoms with van der Waals surface area (Å²) in [6, 6.07) is 0. The van der Waals surface area contributed by atoms with E-state index >= 15 is 0 Å². The van der Waals surface area contributed by atoms with Crippen molar-refractivity contribution >= 4 is 11.6 Å². The molecule has 2 unspecified atom stereocenters. The molecule has 2 rings (SSSR count). The Morgan fingerprint density at radius 2 is 2.17 bits per heavy atom. The van der Waals surface area contributed by atoms with Crippen molar-refractivity contribution in [2.75, 3.05) is 23.7 Å². The first kappa shape index (κ1) is 13.1. The van der Waals surface area contributed by atoms with Crippen LogP contribution >= 0.6 is 0 Å². The van der Waals surface area contributed by atoms with Crippen molar-refractivity contribution in [1.82, 2.24) is 9.97 Å². The average molecular weight is 250 g/mol. The lowest BCUT2D eigenvalue weighted by Gasteiger charge is -2.36. The number of nitrogen functional groups attached to an aromatic ring is 1. The molecule has 0 amide bonds. The SMILES string of the molecule is CCc1nc(N)c(C)c(N2CCC(O)C(C)C2)n1. The van der Waals surface area contributed by atoms with Gasteiger partial charge in [-0.05, 0) is 19.3 Å². The molecular weight excluding hydrogens is 228 g/mol. The van der Waals surface area contributed by atoms with Crippen LogP contribution in [0.1, 0.15) is 31.7 Å². The Morgan fingerprint density at radius 3 is 2.78 bits per heavy atom. The van der Waals surface area contributed by atoms with Crippen molar-refractivity contribution in [3.8, 4) is 0 Å². The molecule has 1 fully saturated rings. The molecule has 100 valence electrons. The molecule has 0 radical (unpaired) electrons. The van der Waals surface area contributed by atoms with Crippen LogP contribution in [0.2, 0.25) is 0 Å². The third-order valence-electron chi connectivity index (χ3n) is 3.68. The van der Waals surface area contributed by atoms with Gasteiger partial charge in [0, 0.05) is 25.1 Å². The van der Waals surface area contributed by atoms with Gasteiger partial charge in [-0.25, -0.2) is 9.97 Å². The van der Waals surface area contributed by atoms with Gasteiger partial charge in [0.2, 0.25) is 0 Å². The second-order valence-electron chi connectivity index (χ2n) is 5.11. The first-order valence-corrected chi connectivity index (χ1v) is 6.59. The van der Waals surface area contributed by atoms with E-state index < -0.39 is 0 Å². The molecule has 2 heterocycles. The summed E-state index contributed by atoms with van der Waals surface area (Å²) in [6.45, 7) is 7.70. The van der Waals surface area contributed by atoms with Crippen molar-refractivity contribution < 1.29 is 5.11 Å². The quantitative estimate of drug-likeness (QED) is 0.823. The lowest BCUT2D eigenvalue weighted by atomic mass is 9.96. The Hall–Kier alpha value is -1.36. The summed E-state index contributed by atoms with van der Waals surface area (Å²) in [6.07, 6.45) is 1.36. The van der Waals surface area contributed by atoms with Gasteiger partial charge in [0.05, 0.1) is 6.10 Å². The highest BCUT2D eigenvalue weighted by molar-refractivity contribution is 5.56.